The maximum Gasteiger partial charge on any atom is 0.303 e. The van der Waals surface area contributed by atoms with Gasteiger partial charge in [-0.1, -0.05) is 11.8 Å². The Kier molecular flexibility index (Phi) is 11.1. The highest BCUT2D eigenvalue weighted by Crippen LogP contribution is 2.41. The number of carbonyl (C=O) groups excluding carboxylic acids is 4. The molecular weight excluding hydrogens is 464 g/mol. The largest absolute Gasteiger partial charge is 0.463 e. The summed E-state index contributed by atoms with van der Waals surface area (Å²) in [6.07, 6.45) is -3.34. The number of hydrogen-bond donors (Lipinski definition) is 0. The van der Waals surface area contributed by atoms with Crippen molar-refractivity contribution in [2.45, 2.75) is 57.5 Å². The van der Waals surface area contributed by atoms with Crippen LogP contribution in [0.2, 0.25) is 0 Å². The number of thioether (sulfide) groups is 2. The molecule has 1 rings (SSSR count). The average Bonchev–Trinajstić information content (AvgIpc) is 2.69. The van der Waals surface area contributed by atoms with Crippen molar-refractivity contribution in [3.8, 4) is 12.1 Å². The summed E-state index contributed by atoms with van der Waals surface area (Å²) in [5.74, 6) is -2.86. The summed E-state index contributed by atoms with van der Waals surface area (Å²) in [5, 5.41) is 18.4. The van der Waals surface area contributed by atoms with Gasteiger partial charge in [0.15, 0.2) is 18.3 Å². The molecule has 13 heteroatoms. The Bertz CT molecular complexity index is 846. The second kappa shape index (κ2) is 13.0. The number of rotatable bonds is 8. The van der Waals surface area contributed by atoms with Crippen molar-refractivity contribution in [1.29, 1.82) is 10.5 Å². The van der Waals surface area contributed by atoms with E-state index in [0.29, 0.717) is 0 Å². The number of nitrogens with zero attached hydrogens (tertiary/aromatic N) is 2. The lowest BCUT2D eigenvalue weighted by Gasteiger charge is -2.44. The molecule has 1 saturated heterocycles. The predicted octanol–water partition coefficient (Wildman–Crippen LogP) is 1.42. The quantitative estimate of drug-likeness (QED) is 0.275. The zero-order valence-corrected chi connectivity index (χ0v) is 19.6. The van der Waals surface area contributed by atoms with Crippen LogP contribution in [0.25, 0.3) is 0 Å². The molecule has 0 aromatic heterocycles. The van der Waals surface area contributed by atoms with Gasteiger partial charge >= 0.3 is 23.9 Å². The van der Waals surface area contributed by atoms with Crippen LogP contribution in [-0.4, -0.2) is 66.6 Å². The van der Waals surface area contributed by atoms with Crippen molar-refractivity contribution < 1.29 is 42.9 Å². The van der Waals surface area contributed by atoms with Crippen LogP contribution in [0.4, 0.5) is 0 Å². The molecule has 1 heterocycles. The van der Waals surface area contributed by atoms with Gasteiger partial charge < -0.3 is 23.7 Å². The molecule has 0 bridgehead atoms. The van der Waals surface area contributed by atoms with E-state index in [2.05, 4.69) is 0 Å². The van der Waals surface area contributed by atoms with Crippen LogP contribution < -0.4 is 0 Å². The van der Waals surface area contributed by atoms with Crippen molar-refractivity contribution >= 4 is 47.4 Å². The average molecular weight is 487 g/mol. The summed E-state index contributed by atoms with van der Waals surface area (Å²) in [7, 11) is 0. The number of ether oxygens (including phenoxy) is 5. The molecule has 11 nitrogen and oxygen atoms in total. The Morgan fingerprint density at radius 3 is 1.78 bits per heavy atom. The lowest BCUT2D eigenvalue weighted by atomic mass is 9.99. The molecule has 1 aliphatic heterocycles. The molecule has 32 heavy (non-hydrogen) atoms. The molecule has 0 aromatic carbocycles. The normalized spacial score (nSPS) is 24.2. The minimum absolute atomic E-state index is 0.199. The first-order valence-corrected chi connectivity index (χ1v) is 11.2. The van der Waals surface area contributed by atoms with Crippen LogP contribution in [-0.2, 0) is 42.9 Å². The van der Waals surface area contributed by atoms with Crippen LogP contribution in [0, 0.1) is 22.7 Å². The number of nitriles is 2. The van der Waals surface area contributed by atoms with Gasteiger partial charge in [-0.15, -0.1) is 11.8 Å². The second-order valence-electron chi connectivity index (χ2n) is 6.28. The molecule has 1 aliphatic rings. The summed E-state index contributed by atoms with van der Waals surface area (Å²) in [6, 6.07) is 3.53. The van der Waals surface area contributed by atoms with E-state index in [1.54, 1.807) is 18.4 Å². The Balaban J connectivity index is 3.51. The first-order valence-electron chi connectivity index (χ1n) is 9.09. The molecule has 0 aliphatic carbocycles. The van der Waals surface area contributed by atoms with Gasteiger partial charge in [-0.05, 0) is 6.26 Å². The van der Waals surface area contributed by atoms with Crippen molar-refractivity contribution in [1.82, 2.24) is 0 Å². The third-order valence-electron chi connectivity index (χ3n) is 3.78. The minimum Gasteiger partial charge on any atom is -0.463 e. The second-order valence-corrected chi connectivity index (χ2v) is 8.46. The zero-order valence-electron chi connectivity index (χ0n) is 18.0. The van der Waals surface area contributed by atoms with Crippen molar-refractivity contribution in [2.24, 2.45) is 0 Å². The molecule has 0 aromatic rings. The fourth-order valence-corrected chi connectivity index (χ4v) is 4.64. The van der Waals surface area contributed by atoms with Crippen LogP contribution in [0.3, 0.4) is 0 Å². The number of esters is 4. The highest BCUT2D eigenvalue weighted by Gasteiger charge is 2.52. The Hall–Kier alpha value is -2.74. The van der Waals surface area contributed by atoms with Crippen molar-refractivity contribution in [3.63, 3.8) is 0 Å². The zero-order chi connectivity index (χ0) is 24.4. The fraction of sp³-hybridized carbons (Fsp3) is 0.579. The molecule has 0 amide bonds. The summed E-state index contributed by atoms with van der Waals surface area (Å²) >= 11 is 1.98. The first kappa shape index (κ1) is 27.3. The van der Waals surface area contributed by atoms with Crippen molar-refractivity contribution in [2.75, 3.05) is 12.9 Å². The van der Waals surface area contributed by atoms with Crippen LogP contribution in [0.5, 0.6) is 0 Å². The lowest BCUT2D eigenvalue weighted by Crippen LogP contribution is -2.61. The third kappa shape index (κ3) is 8.07. The molecule has 5 atom stereocenters. The van der Waals surface area contributed by atoms with Crippen molar-refractivity contribution in [3.05, 3.63) is 9.81 Å². The number of hydrogen-bond acceptors (Lipinski definition) is 13. The summed E-state index contributed by atoms with van der Waals surface area (Å²) < 4.78 is 27.1. The molecule has 0 saturated carbocycles. The topological polar surface area (TPSA) is 162 Å². The minimum atomic E-state index is -1.32. The summed E-state index contributed by atoms with van der Waals surface area (Å²) in [5.41, 5.74) is -1.30. The molecule has 1 fully saturated rings. The number of allylic oxidation sites excluding steroid dienone is 1. The van der Waals surface area contributed by atoms with Gasteiger partial charge in [0, 0.05) is 27.7 Å². The maximum atomic E-state index is 11.8. The molecule has 0 spiro atoms. The molecule has 0 radical (unpaired) electrons. The molecule has 0 unspecified atom stereocenters. The van der Waals surface area contributed by atoms with E-state index < -0.39 is 53.7 Å². The lowest BCUT2D eigenvalue weighted by molar-refractivity contribution is -0.237. The standard InChI is InChI=1S/C19H22N2O9S2/c1-9(22)26-8-14-15(27-10(2)23)16(28-11(3)24)17(29-12(4)25)18(30-14)32-19(31-5)13(6-20)7-21/h14-18H,8H2,1-5H3/t14-,15+,16+,17-,18+/m1/s1. The highest BCUT2D eigenvalue weighted by molar-refractivity contribution is 8.22. The highest BCUT2D eigenvalue weighted by atomic mass is 32.2. The molecule has 0 N–H and O–H groups in total. The predicted molar refractivity (Wildman–Crippen MR) is 111 cm³/mol. The van der Waals surface area contributed by atoms with E-state index in [9.17, 15) is 29.7 Å². The first-order chi connectivity index (χ1) is 15.0. The van der Waals surface area contributed by atoms with E-state index in [1.807, 2.05) is 0 Å². The van der Waals surface area contributed by atoms with Gasteiger partial charge in [-0.2, -0.15) is 10.5 Å². The van der Waals surface area contributed by atoms with Crippen LogP contribution >= 0.6 is 23.5 Å². The van der Waals surface area contributed by atoms with Gasteiger partial charge in [0.2, 0.25) is 0 Å². The van der Waals surface area contributed by atoms with Gasteiger partial charge in [0.25, 0.3) is 0 Å². The van der Waals surface area contributed by atoms with E-state index in [4.69, 9.17) is 23.7 Å². The van der Waals surface area contributed by atoms with E-state index in [0.717, 1.165) is 44.3 Å². The van der Waals surface area contributed by atoms with Crippen LogP contribution in [0.1, 0.15) is 27.7 Å². The van der Waals surface area contributed by atoms with E-state index in [-0.39, 0.29) is 16.4 Å². The Morgan fingerprint density at radius 1 is 0.844 bits per heavy atom. The summed E-state index contributed by atoms with van der Waals surface area (Å²) in [6.45, 7) is 4.17. The van der Waals surface area contributed by atoms with Gasteiger partial charge in [0.05, 0.1) is 4.24 Å². The monoisotopic (exact) mass is 486 g/mol. The molecular formula is C19H22N2O9S2. The Morgan fingerprint density at radius 2 is 1.34 bits per heavy atom. The van der Waals surface area contributed by atoms with Gasteiger partial charge in [-0.3, -0.25) is 19.2 Å². The van der Waals surface area contributed by atoms with Crippen LogP contribution in [0.15, 0.2) is 9.81 Å². The summed E-state index contributed by atoms with van der Waals surface area (Å²) in [4.78, 5) is 46.6. The third-order valence-corrected chi connectivity index (χ3v) is 6.18. The maximum absolute atomic E-state index is 11.8. The Labute approximate surface area is 193 Å². The molecule has 174 valence electrons. The van der Waals surface area contributed by atoms with E-state index in [1.165, 1.54) is 6.92 Å². The fourth-order valence-electron chi connectivity index (χ4n) is 2.71. The number of carbonyl (C=O) groups is 4. The van der Waals surface area contributed by atoms with E-state index >= 15 is 0 Å². The van der Waals surface area contributed by atoms with Gasteiger partial charge in [-0.25, -0.2) is 0 Å². The smallest absolute Gasteiger partial charge is 0.303 e. The SMILES string of the molecule is CSC(S[C@@H]1O[C@H](COC(C)=O)[C@H](OC(C)=O)[C@H](OC(C)=O)[C@H]1OC(C)=O)=C(C#N)C#N. The van der Waals surface area contributed by atoms with Gasteiger partial charge in [0.1, 0.15) is 35.9 Å².